The monoisotopic (exact) mass is 447 g/mol. The molecular weight excluding hydrogens is 433 g/mol. The third-order valence-electron chi connectivity index (χ3n) is 3.29. The Hall–Kier alpha value is -0.660. The summed E-state index contributed by atoms with van der Waals surface area (Å²) in [4.78, 5) is 20.7. The summed E-state index contributed by atoms with van der Waals surface area (Å²) in [5.41, 5.74) is 1.30. The summed E-state index contributed by atoms with van der Waals surface area (Å²) in [6.07, 6.45) is 4.60. The topological polar surface area (TPSA) is 54.9 Å². The lowest BCUT2D eigenvalue weighted by Crippen LogP contribution is -2.17. The van der Waals surface area contributed by atoms with Gasteiger partial charge in [0.2, 0.25) is 0 Å². The van der Waals surface area contributed by atoms with Gasteiger partial charge in [-0.25, -0.2) is 9.97 Å². The number of ketones is 1. The summed E-state index contributed by atoms with van der Waals surface area (Å²) in [7, 11) is 0. The number of thioether (sulfide) groups is 1. The Labute approximate surface area is 163 Å². The number of hydrogen-bond acceptors (Lipinski definition) is 5. The number of carbonyl (C=O) groups is 1. The molecule has 0 aliphatic rings. The van der Waals surface area contributed by atoms with E-state index in [0.29, 0.717) is 51.3 Å². The van der Waals surface area contributed by atoms with Crippen LogP contribution in [0.2, 0.25) is 10.0 Å². The van der Waals surface area contributed by atoms with E-state index in [1.807, 2.05) is 24.5 Å². The molecule has 2 rings (SSSR count). The number of hydrogen-bond donors (Lipinski definition) is 1. The number of carbonyl (C=O) groups excluding carboxylic acids is 1. The van der Waals surface area contributed by atoms with Crippen molar-refractivity contribution in [2.45, 2.75) is 24.5 Å². The molecule has 1 aromatic carbocycles. The van der Waals surface area contributed by atoms with Crippen LogP contribution in [0.25, 0.3) is 0 Å². The Kier molecular flexibility index (Phi) is 7.97. The zero-order valence-electron chi connectivity index (χ0n) is 13.0. The summed E-state index contributed by atoms with van der Waals surface area (Å²) in [6, 6.07) is 5.43. The SMILES string of the molecule is CSc1ncc(Br)c(C(=O)CCCNCc2c(Cl)cccc2Cl)n1. The van der Waals surface area contributed by atoms with Gasteiger partial charge in [-0.3, -0.25) is 4.79 Å². The maximum Gasteiger partial charge on any atom is 0.187 e. The molecule has 0 atom stereocenters. The largest absolute Gasteiger partial charge is 0.313 e. The average Bonchev–Trinajstić information content (AvgIpc) is 2.57. The van der Waals surface area contributed by atoms with Crippen molar-refractivity contribution in [3.8, 4) is 0 Å². The van der Waals surface area contributed by atoms with Crippen LogP contribution in [0.3, 0.4) is 0 Å². The number of nitrogens with zero attached hydrogens (tertiary/aromatic N) is 2. The van der Waals surface area contributed by atoms with Crippen LogP contribution in [0.5, 0.6) is 0 Å². The van der Waals surface area contributed by atoms with Crippen LogP contribution in [-0.2, 0) is 6.54 Å². The predicted molar refractivity (Wildman–Crippen MR) is 103 cm³/mol. The van der Waals surface area contributed by atoms with Crippen molar-refractivity contribution < 1.29 is 4.79 Å². The number of Topliss-reactive ketones (excluding diaryl/α,β-unsaturated/α-hetero) is 1. The maximum atomic E-state index is 12.3. The van der Waals surface area contributed by atoms with E-state index in [0.717, 1.165) is 5.56 Å². The van der Waals surface area contributed by atoms with Crippen molar-refractivity contribution in [3.05, 3.63) is 50.2 Å². The molecule has 1 aromatic heterocycles. The molecule has 0 bridgehead atoms. The second-order valence-electron chi connectivity index (χ2n) is 4.96. The van der Waals surface area contributed by atoms with Crippen molar-refractivity contribution in [2.75, 3.05) is 12.8 Å². The van der Waals surface area contributed by atoms with E-state index in [9.17, 15) is 4.79 Å². The van der Waals surface area contributed by atoms with Crippen molar-refractivity contribution in [2.24, 2.45) is 0 Å². The predicted octanol–water partition coefficient (Wildman–Crippen LogP) is 5.02. The van der Waals surface area contributed by atoms with Gasteiger partial charge in [-0.05, 0) is 47.3 Å². The first-order valence-corrected chi connectivity index (χ1v) is 10.0. The van der Waals surface area contributed by atoms with E-state index in [1.54, 1.807) is 6.20 Å². The van der Waals surface area contributed by atoms with Crippen molar-refractivity contribution >= 4 is 56.7 Å². The lowest BCUT2D eigenvalue weighted by Gasteiger charge is -2.08. The van der Waals surface area contributed by atoms with Crippen LogP contribution in [-0.4, -0.2) is 28.6 Å². The number of aromatic nitrogens is 2. The Balaban J connectivity index is 1.81. The highest BCUT2D eigenvalue weighted by Gasteiger charge is 2.13. The van der Waals surface area contributed by atoms with E-state index in [4.69, 9.17) is 23.2 Å². The summed E-state index contributed by atoms with van der Waals surface area (Å²) in [5, 5.41) is 5.13. The molecule has 0 aliphatic carbocycles. The van der Waals surface area contributed by atoms with Gasteiger partial charge in [-0.1, -0.05) is 41.0 Å². The molecule has 0 saturated heterocycles. The third-order valence-corrected chi connectivity index (χ3v) is 5.14. The van der Waals surface area contributed by atoms with Crippen LogP contribution in [0.1, 0.15) is 28.9 Å². The first-order valence-electron chi connectivity index (χ1n) is 7.26. The molecule has 128 valence electrons. The molecule has 1 N–H and O–H groups in total. The lowest BCUT2D eigenvalue weighted by atomic mass is 10.1. The van der Waals surface area contributed by atoms with E-state index in [2.05, 4.69) is 31.2 Å². The van der Waals surface area contributed by atoms with Crippen LogP contribution < -0.4 is 5.32 Å². The van der Waals surface area contributed by atoms with Gasteiger partial charge in [0.25, 0.3) is 0 Å². The van der Waals surface area contributed by atoms with Crippen molar-refractivity contribution in [1.29, 1.82) is 0 Å². The summed E-state index contributed by atoms with van der Waals surface area (Å²) in [6.45, 7) is 1.26. The molecule has 8 heteroatoms. The minimum Gasteiger partial charge on any atom is -0.313 e. The van der Waals surface area contributed by atoms with E-state index < -0.39 is 0 Å². The smallest absolute Gasteiger partial charge is 0.187 e. The Morgan fingerprint density at radius 3 is 2.71 bits per heavy atom. The van der Waals surface area contributed by atoms with Gasteiger partial charge in [0, 0.05) is 34.8 Å². The van der Waals surface area contributed by atoms with Gasteiger partial charge in [0.05, 0.1) is 4.47 Å². The molecule has 0 unspecified atom stereocenters. The fourth-order valence-corrected chi connectivity index (χ4v) is 3.34. The maximum absolute atomic E-state index is 12.3. The van der Waals surface area contributed by atoms with Crippen LogP contribution in [0.4, 0.5) is 0 Å². The second-order valence-corrected chi connectivity index (χ2v) is 7.40. The lowest BCUT2D eigenvalue weighted by molar-refractivity contribution is 0.0973. The highest BCUT2D eigenvalue weighted by Crippen LogP contribution is 2.24. The highest BCUT2D eigenvalue weighted by molar-refractivity contribution is 9.10. The normalized spacial score (nSPS) is 10.8. The molecule has 0 amide bonds. The minimum atomic E-state index is -0.00264. The number of rotatable bonds is 8. The van der Waals surface area contributed by atoms with Crippen LogP contribution in [0.15, 0.2) is 34.0 Å². The molecule has 0 radical (unpaired) electrons. The molecule has 0 aliphatic heterocycles. The van der Waals surface area contributed by atoms with Gasteiger partial charge < -0.3 is 5.32 Å². The first kappa shape index (κ1) is 19.7. The second kappa shape index (κ2) is 9.73. The highest BCUT2D eigenvalue weighted by atomic mass is 79.9. The minimum absolute atomic E-state index is 0.00264. The molecule has 0 fully saturated rings. The van der Waals surface area contributed by atoms with E-state index in [-0.39, 0.29) is 5.78 Å². The molecule has 4 nitrogen and oxygen atoms in total. The number of halogens is 3. The molecule has 0 spiro atoms. The van der Waals surface area contributed by atoms with Crippen molar-refractivity contribution in [1.82, 2.24) is 15.3 Å². The molecule has 24 heavy (non-hydrogen) atoms. The first-order chi connectivity index (χ1) is 11.5. The Morgan fingerprint density at radius 2 is 2.04 bits per heavy atom. The van der Waals surface area contributed by atoms with Crippen molar-refractivity contribution in [3.63, 3.8) is 0 Å². The Morgan fingerprint density at radius 1 is 1.33 bits per heavy atom. The van der Waals surface area contributed by atoms with E-state index >= 15 is 0 Å². The zero-order chi connectivity index (χ0) is 17.5. The zero-order valence-corrected chi connectivity index (χ0v) is 16.9. The summed E-state index contributed by atoms with van der Waals surface area (Å²) < 4.78 is 0.626. The fourth-order valence-electron chi connectivity index (χ4n) is 2.05. The van der Waals surface area contributed by atoms with Gasteiger partial charge >= 0.3 is 0 Å². The fraction of sp³-hybridized carbons (Fsp3) is 0.312. The van der Waals surface area contributed by atoms with Crippen LogP contribution in [0, 0.1) is 0 Å². The summed E-state index contributed by atoms with van der Waals surface area (Å²) in [5.74, 6) is -0.00264. The summed E-state index contributed by atoms with van der Waals surface area (Å²) >= 11 is 17.0. The van der Waals surface area contributed by atoms with E-state index in [1.165, 1.54) is 11.8 Å². The average molecular weight is 449 g/mol. The molecule has 0 saturated carbocycles. The third kappa shape index (κ3) is 5.43. The number of benzene rings is 1. The Bertz CT molecular complexity index is 710. The quantitative estimate of drug-likeness (QED) is 0.266. The van der Waals surface area contributed by atoms with Gasteiger partial charge in [-0.15, -0.1) is 0 Å². The van der Waals surface area contributed by atoms with Gasteiger partial charge in [0.1, 0.15) is 5.69 Å². The standard InChI is InChI=1S/C16H16BrCl2N3OS/c1-24-16-21-9-11(17)15(22-16)14(23)6-3-7-20-8-10-12(18)4-2-5-13(10)19/h2,4-5,9,20H,3,6-8H2,1H3. The van der Waals surface area contributed by atoms with Gasteiger partial charge in [0.15, 0.2) is 10.9 Å². The molecule has 1 heterocycles. The van der Waals surface area contributed by atoms with Gasteiger partial charge in [-0.2, -0.15) is 0 Å². The molecule has 2 aromatic rings. The number of nitrogens with one attached hydrogen (secondary N) is 1. The molecular formula is C16H16BrCl2N3OS. The van der Waals surface area contributed by atoms with Crippen LogP contribution >= 0.6 is 50.9 Å².